The zero-order valence-electron chi connectivity index (χ0n) is 51.4. The topological polar surface area (TPSA) is 175 Å². The number of aliphatic hydroxyl groups is 5. The highest BCUT2D eigenvalue weighted by molar-refractivity contribution is 5.80. The van der Waals surface area contributed by atoms with Crippen LogP contribution in [0.2, 0.25) is 0 Å². The van der Waals surface area contributed by atoms with E-state index in [2.05, 4.69) is 123 Å². The molecule has 0 bridgehead atoms. The molecule has 6 N–H and O–H groups in total. The first kappa shape index (κ1) is 75.3. The van der Waals surface area contributed by atoms with Crippen LogP contribution < -0.4 is 5.32 Å². The quantitative estimate of drug-likeness (QED) is 0.0195. The Morgan fingerprint density at radius 2 is 0.889 bits per heavy atom. The Morgan fingerprint density at radius 1 is 0.494 bits per heavy atom. The van der Waals surface area contributed by atoms with Gasteiger partial charge < -0.3 is 45.1 Å². The molecule has 0 aliphatic carbocycles. The van der Waals surface area contributed by atoms with Gasteiger partial charge in [-0.25, -0.2) is 0 Å². The molecular weight excluding hydrogens is 1010 g/mol. The Bertz CT molecular complexity index is 1730. The van der Waals surface area contributed by atoms with E-state index in [4.69, 9.17) is 14.2 Å². The van der Waals surface area contributed by atoms with Gasteiger partial charge in [0.25, 0.3) is 0 Å². The van der Waals surface area contributed by atoms with Gasteiger partial charge in [0.2, 0.25) is 5.91 Å². The molecule has 11 heteroatoms. The van der Waals surface area contributed by atoms with Crippen molar-refractivity contribution in [1.29, 1.82) is 0 Å². The molecule has 1 saturated heterocycles. The molecule has 0 aromatic heterocycles. The lowest BCUT2D eigenvalue weighted by Gasteiger charge is -2.41. The molecule has 1 amide bonds. The van der Waals surface area contributed by atoms with Gasteiger partial charge in [-0.3, -0.25) is 9.59 Å². The van der Waals surface area contributed by atoms with Crippen molar-refractivity contribution in [2.24, 2.45) is 0 Å². The summed E-state index contributed by atoms with van der Waals surface area (Å²) in [6, 6.07) is -1.05. The lowest BCUT2D eigenvalue weighted by molar-refractivity contribution is -0.305. The Hall–Kier alpha value is -3.68. The minimum absolute atomic E-state index is 0.110. The van der Waals surface area contributed by atoms with Crippen LogP contribution in [-0.4, -0.2) is 99.6 Å². The predicted octanol–water partition coefficient (Wildman–Crippen LogP) is 16.1. The first-order chi connectivity index (χ1) is 39.7. The molecule has 1 heterocycles. The van der Waals surface area contributed by atoms with Crippen LogP contribution in [0.25, 0.3) is 0 Å². The van der Waals surface area contributed by atoms with Gasteiger partial charge in [0, 0.05) is 6.42 Å². The number of unbranched alkanes of at least 4 members (excludes halogenated alkanes) is 24. The van der Waals surface area contributed by atoms with Crippen LogP contribution in [0.5, 0.6) is 0 Å². The fourth-order valence-electron chi connectivity index (χ4n) is 9.51. The number of hydrogen-bond donors (Lipinski definition) is 6. The van der Waals surface area contributed by atoms with Crippen LogP contribution in [0.15, 0.2) is 109 Å². The van der Waals surface area contributed by atoms with Gasteiger partial charge >= 0.3 is 5.97 Å². The summed E-state index contributed by atoms with van der Waals surface area (Å²) in [5.41, 5.74) is 0. The number of hydrogen-bond acceptors (Lipinski definition) is 10. The minimum atomic E-state index is -1.63. The maximum Gasteiger partial charge on any atom is 0.306 e. The van der Waals surface area contributed by atoms with Crippen molar-refractivity contribution in [3.8, 4) is 0 Å². The van der Waals surface area contributed by atoms with Crippen molar-refractivity contribution in [3.05, 3.63) is 109 Å². The number of ether oxygens (including phenoxy) is 3. The smallest absolute Gasteiger partial charge is 0.306 e. The van der Waals surface area contributed by atoms with E-state index >= 15 is 0 Å². The summed E-state index contributed by atoms with van der Waals surface area (Å²) in [7, 11) is 0. The van der Waals surface area contributed by atoms with Gasteiger partial charge in [-0.15, -0.1) is 0 Å². The van der Waals surface area contributed by atoms with Gasteiger partial charge in [-0.2, -0.15) is 0 Å². The van der Waals surface area contributed by atoms with Crippen molar-refractivity contribution < 1.29 is 49.3 Å². The number of aliphatic hydroxyl groups excluding tert-OH is 5. The van der Waals surface area contributed by atoms with Gasteiger partial charge in [0.1, 0.15) is 24.4 Å². The molecule has 1 aliphatic heterocycles. The van der Waals surface area contributed by atoms with E-state index in [-0.39, 0.29) is 19.4 Å². The first-order valence-corrected chi connectivity index (χ1v) is 32.7. The highest BCUT2D eigenvalue weighted by Crippen LogP contribution is 2.26. The summed E-state index contributed by atoms with van der Waals surface area (Å²) in [4.78, 5) is 26.6. The summed E-state index contributed by atoms with van der Waals surface area (Å²) in [5, 5.41) is 57.0. The molecule has 0 spiro atoms. The lowest BCUT2D eigenvalue weighted by atomic mass is 9.99. The second-order valence-corrected chi connectivity index (χ2v) is 22.1. The van der Waals surface area contributed by atoms with E-state index in [9.17, 15) is 35.1 Å². The van der Waals surface area contributed by atoms with Crippen LogP contribution >= 0.6 is 0 Å². The number of carbonyl (C=O) groups excluding carboxylic acids is 2. The Morgan fingerprint density at radius 3 is 1.36 bits per heavy atom. The van der Waals surface area contributed by atoms with E-state index in [1.807, 2.05) is 6.08 Å². The second-order valence-electron chi connectivity index (χ2n) is 22.1. The van der Waals surface area contributed by atoms with Crippen molar-refractivity contribution in [2.75, 3.05) is 13.2 Å². The van der Waals surface area contributed by atoms with Gasteiger partial charge in [-0.05, 0) is 109 Å². The second kappa shape index (κ2) is 56.8. The largest absolute Gasteiger partial charge is 0.454 e. The third kappa shape index (κ3) is 44.5. The number of carbonyl (C=O) groups is 2. The van der Waals surface area contributed by atoms with Gasteiger partial charge in [0.05, 0.1) is 25.4 Å². The molecule has 8 atom stereocenters. The average molecular weight is 1130 g/mol. The monoisotopic (exact) mass is 1130 g/mol. The van der Waals surface area contributed by atoms with E-state index in [1.165, 1.54) is 89.9 Å². The van der Waals surface area contributed by atoms with E-state index < -0.39 is 67.4 Å². The molecule has 0 aromatic rings. The molecule has 1 aliphatic rings. The summed E-state index contributed by atoms with van der Waals surface area (Å²) in [6.07, 6.45) is 66.9. The molecule has 1 rings (SSSR count). The van der Waals surface area contributed by atoms with Crippen molar-refractivity contribution in [2.45, 2.75) is 307 Å². The van der Waals surface area contributed by atoms with Crippen molar-refractivity contribution in [3.63, 3.8) is 0 Å². The average Bonchev–Trinajstić information content (AvgIpc) is 3.52. The third-order valence-corrected chi connectivity index (χ3v) is 14.7. The first-order valence-electron chi connectivity index (χ1n) is 32.7. The fourth-order valence-corrected chi connectivity index (χ4v) is 9.51. The van der Waals surface area contributed by atoms with Crippen LogP contribution in [0.4, 0.5) is 0 Å². The van der Waals surface area contributed by atoms with Crippen LogP contribution in [0, 0.1) is 0 Å². The van der Waals surface area contributed by atoms with Crippen molar-refractivity contribution >= 4 is 11.9 Å². The van der Waals surface area contributed by atoms with Crippen LogP contribution in [0.1, 0.15) is 258 Å². The molecule has 81 heavy (non-hydrogen) atoms. The molecule has 1 fully saturated rings. The Labute approximate surface area is 494 Å². The number of allylic oxidation sites excluding steroid dienone is 17. The molecule has 464 valence electrons. The highest BCUT2D eigenvalue weighted by Gasteiger charge is 2.47. The predicted molar refractivity (Wildman–Crippen MR) is 338 cm³/mol. The number of rotatable bonds is 54. The number of esters is 1. The standard InChI is InChI=1S/C70H119NO10/c1-4-7-10-13-16-19-22-24-26-28-30-31-32-34-35-37-39-42-45-48-51-54-57-63(74)69(78)71-61(62(73)56-53-50-47-44-41-21-18-15-12-9-6-3)60-79-70-68(67(77)66(76)64(59-72)80-70)81-65(75)58-55-52-49-46-43-40-38-36-33-29-27-25-23-20-17-14-11-8-5-2/h7,10,16-17,19-20,24-27,30-31,34-35,39,42,53,56,61-64,66-68,70,72-74,76-77H,4-6,8-9,11-15,18,21-23,28-29,32-33,36-38,40-41,43-52,54-55,57-60H2,1-3H3,(H,71,78)/b10-7-,19-16-,20-17-,26-24-,27-25-,31-30-,35-34-,42-39-,56-53+. The number of nitrogens with one attached hydrogen (secondary N) is 1. The zero-order chi connectivity index (χ0) is 58.9. The maximum atomic E-state index is 13.4. The van der Waals surface area contributed by atoms with E-state index in [0.717, 1.165) is 122 Å². The van der Waals surface area contributed by atoms with Crippen molar-refractivity contribution in [1.82, 2.24) is 5.32 Å². The third-order valence-electron chi connectivity index (χ3n) is 14.7. The normalized spacial score (nSPS) is 19.4. The van der Waals surface area contributed by atoms with E-state index in [1.54, 1.807) is 6.08 Å². The molecular formula is C70H119NO10. The Balaban J connectivity index is 2.66. The zero-order valence-corrected chi connectivity index (χ0v) is 51.4. The van der Waals surface area contributed by atoms with Crippen LogP contribution in [-0.2, 0) is 23.8 Å². The molecule has 0 radical (unpaired) electrons. The molecule has 8 unspecified atom stereocenters. The molecule has 0 aromatic carbocycles. The van der Waals surface area contributed by atoms with Crippen LogP contribution in [0.3, 0.4) is 0 Å². The summed E-state index contributed by atoms with van der Waals surface area (Å²) >= 11 is 0. The summed E-state index contributed by atoms with van der Waals surface area (Å²) in [5.74, 6) is -1.23. The molecule has 11 nitrogen and oxygen atoms in total. The highest BCUT2D eigenvalue weighted by atomic mass is 16.7. The fraction of sp³-hybridized carbons (Fsp3) is 0.714. The minimum Gasteiger partial charge on any atom is -0.454 e. The van der Waals surface area contributed by atoms with E-state index in [0.29, 0.717) is 12.8 Å². The maximum absolute atomic E-state index is 13.4. The lowest BCUT2D eigenvalue weighted by Crippen LogP contribution is -2.61. The molecule has 0 saturated carbocycles. The Kier molecular flexibility index (Phi) is 52.8. The summed E-state index contributed by atoms with van der Waals surface area (Å²) in [6.45, 7) is 5.63. The summed E-state index contributed by atoms with van der Waals surface area (Å²) < 4.78 is 17.6. The SMILES string of the molecule is CC/C=C\C/C=C\C/C=C\C/C=C\C/C=C\C/C=C\CCCCCC(O)C(=O)NC(COC1OC(CO)C(O)C(O)C1OC(=O)CCCCCCCCCCC/C=C\C/C=C\CCCCC)C(O)/C=C/CCCCCCCCCCC. The van der Waals surface area contributed by atoms with Gasteiger partial charge in [0.15, 0.2) is 12.4 Å². The van der Waals surface area contributed by atoms with Gasteiger partial charge in [-0.1, -0.05) is 252 Å². The number of amides is 1.